The Morgan fingerprint density at radius 2 is 1.92 bits per heavy atom. The van der Waals surface area contributed by atoms with Gasteiger partial charge in [-0.15, -0.1) is 11.3 Å². The molecule has 0 aliphatic rings. The quantitative estimate of drug-likeness (QED) is 0.832. The molecule has 0 fully saturated rings. The molecule has 1 aromatic heterocycles. The zero-order valence-corrected chi connectivity index (χ0v) is 14.9. The fourth-order valence-corrected chi connectivity index (χ4v) is 3.26. The zero-order chi connectivity index (χ0) is 17.7. The number of carbonyl (C=O) groups excluding carboxylic acids is 1. The Labute approximate surface area is 145 Å². The molecule has 1 N–H and O–H groups in total. The van der Waals surface area contributed by atoms with Crippen molar-refractivity contribution < 1.29 is 19.4 Å². The van der Waals surface area contributed by atoms with Gasteiger partial charge in [0.15, 0.2) is 6.61 Å². The van der Waals surface area contributed by atoms with E-state index in [2.05, 4.69) is 0 Å². The van der Waals surface area contributed by atoms with Crippen molar-refractivity contribution in [2.24, 2.45) is 0 Å². The smallest absolute Gasteiger partial charge is 0.341 e. The Hall–Kier alpha value is -2.34. The van der Waals surface area contributed by atoms with Crippen LogP contribution in [0.4, 0.5) is 0 Å². The summed E-state index contributed by atoms with van der Waals surface area (Å²) in [6, 6.07) is 7.49. The number of carboxylic acid groups (broad SMARTS) is 1. The number of aliphatic carboxylic acids is 1. The number of aryl methyl sites for hydroxylation is 2. The third-order valence-corrected chi connectivity index (χ3v) is 4.50. The molecule has 0 unspecified atom stereocenters. The van der Waals surface area contributed by atoms with Gasteiger partial charge in [0.25, 0.3) is 5.91 Å². The monoisotopic (exact) mass is 347 g/mol. The first-order valence-electron chi connectivity index (χ1n) is 7.69. The van der Waals surface area contributed by atoms with Gasteiger partial charge in [-0.3, -0.25) is 4.79 Å². The molecule has 0 aliphatic carbocycles. The number of amides is 1. The topological polar surface area (TPSA) is 66.8 Å². The lowest BCUT2D eigenvalue weighted by Gasteiger charge is -2.21. The average Bonchev–Trinajstić information content (AvgIpc) is 3.03. The van der Waals surface area contributed by atoms with Crippen LogP contribution in [0.25, 0.3) is 0 Å². The van der Waals surface area contributed by atoms with Crippen molar-refractivity contribution in [1.82, 2.24) is 4.90 Å². The summed E-state index contributed by atoms with van der Waals surface area (Å²) >= 11 is 1.63. The molecule has 6 heteroatoms. The molecule has 0 radical (unpaired) electrons. The van der Waals surface area contributed by atoms with Gasteiger partial charge in [-0.05, 0) is 55.5 Å². The second-order valence-corrected chi connectivity index (χ2v) is 6.55. The number of carbonyl (C=O) groups is 2. The lowest BCUT2D eigenvalue weighted by atomic mass is 10.0. The van der Waals surface area contributed by atoms with Crippen LogP contribution in [-0.2, 0) is 11.3 Å². The zero-order valence-electron chi connectivity index (χ0n) is 14.0. The van der Waals surface area contributed by atoms with Gasteiger partial charge in [0.2, 0.25) is 0 Å². The molecule has 0 bridgehead atoms. The van der Waals surface area contributed by atoms with Crippen LogP contribution in [0.5, 0.6) is 5.75 Å². The van der Waals surface area contributed by atoms with E-state index in [0.717, 1.165) is 16.0 Å². The summed E-state index contributed by atoms with van der Waals surface area (Å²) in [5.41, 5.74) is 2.10. The van der Waals surface area contributed by atoms with E-state index in [4.69, 9.17) is 9.84 Å². The average molecular weight is 347 g/mol. The molecular formula is C18H21NO4S. The molecule has 128 valence electrons. The van der Waals surface area contributed by atoms with E-state index in [-0.39, 0.29) is 5.91 Å². The van der Waals surface area contributed by atoms with Crippen LogP contribution >= 0.6 is 11.3 Å². The molecule has 0 saturated heterocycles. The second kappa shape index (κ2) is 7.97. The van der Waals surface area contributed by atoms with E-state index >= 15 is 0 Å². The molecule has 0 spiro atoms. The van der Waals surface area contributed by atoms with Crippen LogP contribution in [0.3, 0.4) is 0 Å². The predicted molar refractivity (Wildman–Crippen MR) is 93.8 cm³/mol. The molecule has 2 rings (SSSR count). The van der Waals surface area contributed by atoms with Crippen molar-refractivity contribution in [3.63, 3.8) is 0 Å². The second-order valence-electron chi connectivity index (χ2n) is 5.52. The third-order valence-electron chi connectivity index (χ3n) is 3.64. The number of carboxylic acids is 1. The minimum Gasteiger partial charge on any atom is -0.481 e. The SMILES string of the molecule is CCN(Cc1cccs1)C(=O)c1cc(C)c(OCC(=O)O)c(C)c1. The van der Waals surface area contributed by atoms with Gasteiger partial charge >= 0.3 is 5.97 Å². The van der Waals surface area contributed by atoms with Crippen LogP contribution in [0.1, 0.15) is 33.3 Å². The molecule has 1 aromatic carbocycles. The maximum absolute atomic E-state index is 12.8. The van der Waals surface area contributed by atoms with Gasteiger partial charge in [-0.2, -0.15) is 0 Å². The fourth-order valence-electron chi connectivity index (χ4n) is 2.54. The minimum absolute atomic E-state index is 0.0399. The van der Waals surface area contributed by atoms with Crippen LogP contribution in [-0.4, -0.2) is 35.0 Å². The van der Waals surface area contributed by atoms with Crippen LogP contribution in [0.2, 0.25) is 0 Å². The molecule has 0 atom stereocenters. The first-order valence-corrected chi connectivity index (χ1v) is 8.57. The van der Waals surface area contributed by atoms with Crippen molar-refractivity contribution in [3.8, 4) is 5.75 Å². The van der Waals surface area contributed by atoms with E-state index < -0.39 is 12.6 Å². The van der Waals surface area contributed by atoms with Crippen molar-refractivity contribution in [1.29, 1.82) is 0 Å². The van der Waals surface area contributed by atoms with Gasteiger partial charge in [0.1, 0.15) is 5.75 Å². The highest BCUT2D eigenvalue weighted by Crippen LogP contribution is 2.26. The molecule has 5 nitrogen and oxygen atoms in total. The summed E-state index contributed by atoms with van der Waals surface area (Å²) in [5.74, 6) is -0.542. The molecule has 0 saturated carbocycles. The van der Waals surface area contributed by atoms with Crippen molar-refractivity contribution in [2.45, 2.75) is 27.3 Å². The summed E-state index contributed by atoms with van der Waals surface area (Å²) in [6.45, 7) is 6.39. The summed E-state index contributed by atoms with van der Waals surface area (Å²) in [5, 5.41) is 10.7. The van der Waals surface area contributed by atoms with E-state index in [1.165, 1.54) is 0 Å². The molecule has 1 amide bonds. The first-order chi connectivity index (χ1) is 11.4. The number of thiophene rings is 1. The fraction of sp³-hybridized carbons (Fsp3) is 0.333. The molecule has 24 heavy (non-hydrogen) atoms. The van der Waals surface area contributed by atoms with Gasteiger partial charge in [0.05, 0.1) is 6.54 Å². The summed E-state index contributed by atoms with van der Waals surface area (Å²) in [4.78, 5) is 26.4. The highest BCUT2D eigenvalue weighted by Gasteiger charge is 2.18. The number of ether oxygens (including phenoxy) is 1. The van der Waals surface area contributed by atoms with Gasteiger partial charge in [-0.25, -0.2) is 4.79 Å². The Morgan fingerprint density at radius 1 is 1.25 bits per heavy atom. The molecule has 2 aromatic rings. The molecular weight excluding hydrogens is 326 g/mol. The summed E-state index contributed by atoms with van der Waals surface area (Å²) < 4.78 is 5.31. The number of benzene rings is 1. The van der Waals surface area contributed by atoms with E-state index in [1.807, 2.05) is 38.3 Å². The maximum atomic E-state index is 12.8. The van der Waals surface area contributed by atoms with Crippen LogP contribution in [0.15, 0.2) is 29.6 Å². The summed E-state index contributed by atoms with van der Waals surface area (Å²) in [6.07, 6.45) is 0. The van der Waals surface area contributed by atoms with Gasteiger partial charge in [0, 0.05) is 17.0 Å². The van der Waals surface area contributed by atoms with Crippen molar-refractivity contribution in [2.75, 3.05) is 13.2 Å². The molecule has 1 heterocycles. The number of hydrogen-bond donors (Lipinski definition) is 1. The Morgan fingerprint density at radius 3 is 2.42 bits per heavy atom. The normalized spacial score (nSPS) is 10.5. The standard InChI is InChI=1S/C18H21NO4S/c1-4-19(10-15-6-5-7-24-15)18(22)14-8-12(2)17(13(3)9-14)23-11-16(20)21/h5-9H,4,10-11H2,1-3H3,(H,20,21). The third kappa shape index (κ3) is 4.35. The van der Waals surface area contributed by atoms with E-state index in [1.54, 1.807) is 28.4 Å². The van der Waals surface area contributed by atoms with Crippen LogP contribution < -0.4 is 4.74 Å². The van der Waals surface area contributed by atoms with E-state index in [0.29, 0.717) is 24.4 Å². The number of nitrogens with zero attached hydrogens (tertiary/aromatic N) is 1. The Bertz CT molecular complexity index is 702. The lowest BCUT2D eigenvalue weighted by molar-refractivity contribution is -0.139. The molecule has 0 aliphatic heterocycles. The Balaban J connectivity index is 2.20. The van der Waals surface area contributed by atoms with E-state index in [9.17, 15) is 9.59 Å². The van der Waals surface area contributed by atoms with Gasteiger partial charge in [-0.1, -0.05) is 6.07 Å². The maximum Gasteiger partial charge on any atom is 0.341 e. The Kier molecular flexibility index (Phi) is 5.98. The highest BCUT2D eigenvalue weighted by atomic mass is 32.1. The van der Waals surface area contributed by atoms with Crippen molar-refractivity contribution in [3.05, 3.63) is 51.2 Å². The van der Waals surface area contributed by atoms with Crippen LogP contribution in [0, 0.1) is 13.8 Å². The van der Waals surface area contributed by atoms with Crippen molar-refractivity contribution >= 4 is 23.2 Å². The predicted octanol–water partition coefficient (Wildman–Crippen LogP) is 3.49. The minimum atomic E-state index is -1.03. The number of hydrogen-bond acceptors (Lipinski definition) is 4. The first kappa shape index (κ1) is 18.0. The lowest BCUT2D eigenvalue weighted by Crippen LogP contribution is -2.30. The summed E-state index contributed by atoms with van der Waals surface area (Å²) in [7, 11) is 0. The van der Waals surface area contributed by atoms with Gasteiger partial charge < -0.3 is 14.7 Å². The number of rotatable bonds is 7. The highest BCUT2D eigenvalue weighted by molar-refractivity contribution is 7.09. The largest absolute Gasteiger partial charge is 0.481 e.